The molecule has 2 rings (SSSR count). The molecule has 0 bridgehead atoms. The van der Waals surface area contributed by atoms with Gasteiger partial charge in [-0.15, -0.1) is 0 Å². The Kier molecular flexibility index (Phi) is 4.27. The molecule has 1 aliphatic rings. The SMILES string of the molecule is CC1(O)CCN(C(=O)Cc2cccc(C(F)(F)F)c2)CC1. The summed E-state index contributed by atoms with van der Waals surface area (Å²) in [7, 11) is 0. The van der Waals surface area contributed by atoms with Crippen LogP contribution >= 0.6 is 0 Å². The molecule has 1 aliphatic heterocycles. The Labute approximate surface area is 121 Å². The summed E-state index contributed by atoms with van der Waals surface area (Å²) in [6.45, 7) is 2.59. The van der Waals surface area contributed by atoms with Gasteiger partial charge in [0.2, 0.25) is 5.91 Å². The number of hydrogen-bond donors (Lipinski definition) is 1. The predicted molar refractivity (Wildman–Crippen MR) is 71.6 cm³/mol. The Morgan fingerprint density at radius 3 is 2.52 bits per heavy atom. The van der Waals surface area contributed by atoms with E-state index < -0.39 is 17.3 Å². The molecule has 0 atom stereocenters. The predicted octanol–water partition coefficient (Wildman–Crippen LogP) is 2.62. The van der Waals surface area contributed by atoms with Gasteiger partial charge < -0.3 is 10.0 Å². The Bertz CT molecular complexity index is 516. The van der Waals surface area contributed by atoms with E-state index in [1.165, 1.54) is 12.1 Å². The third-order valence-electron chi connectivity index (χ3n) is 3.80. The second-order valence-electron chi connectivity index (χ2n) is 5.75. The highest BCUT2D eigenvalue weighted by Gasteiger charge is 2.31. The number of hydrogen-bond acceptors (Lipinski definition) is 2. The zero-order chi connectivity index (χ0) is 15.7. The molecule has 1 heterocycles. The van der Waals surface area contributed by atoms with Gasteiger partial charge in [0.25, 0.3) is 0 Å². The lowest BCUT2D eigenvalue weighted by Crippen LogP contribution is -2.45. The smallest absolute Gasteiger partial charge is 0.390 e. The summed E-state index contributed by atoms with van der Waals surface area (Å²) >= 11 is 0. The van der Waals surface area contributed by atoms with Gasteiger partial charge in [-0.3, -0.25) is 4.79 Å². The van der Waals surface area contributed by atoms with Crippen LogP contribution in [0.2, 0.25) is 0 Å². The summed E-state index contributed by atoms with van der Waals surface area (Å²) in [4.78, 5) is 13.7. The first-order chi connectivity index (χ1) is 9.67. The first-order valence-corrected chi connectivity index (χ1v) is 6.84. The number of nitrogens with zero attached hydrogens (tertiary/aromatic N) is 1. The molecule has 6 heteroatoms. The van der Waals surface area contributed by atoms with Gasteiger partial charge in [0.05, 0.1) is 17.6 Å². The van der Waals surface area contributed by atoms with Gasteiger partial charge >= 0.3 is 6.18 Å². The number of carbonyl (C=O) groups excluding carboxylic acids is 1. The van der Waals surface area contributed by atoms with Gasteiger partial charge in [0.1, 0.15) is 0 Å². The zero-order valence-corrected chi connectivity index (χ0v) is 11.8. The lowest BCUT2D eigenvalue weighted by Gasteiger charge is -2.35. The summed E-state index contributed by atoms with van der Waals surface area (Å²) in [6, 6.07) is 4.84. The van der Waals surface area contributed by atoms with E-state index >= 15 is 0 Å². The second kappa shape index (κ2) is 5.67. The lowest BCUT2D eigenvalue weighted by atomic mass is 9.93. The molecule has 1 amide bonds. The van der Waals surface area contributed by atoms with E-state index in [-0.39, 0.29) is 12.3 Å². The number of halogens is 3. The van der Waals surface area contributed by atoms with Gasteiger partial charge in [-0.25, -0.2) is 0 Å². The number of alkyl halides is 3. The van der Waals surface area contributed by atoms with Crippen LogP contribution in [0.15, 0.2) is 24.3 Å². The second-order valence-corrected chi connectivity index (χ2v) is 5.75. The number of piperidine rings is 1. The van der Waals surface area contributed by atoms with E-state index in [0.29, 0.717) is 31.5 Å². The topological polar surface area (TPSA) is 40.5 Å². The van der Waals surface area contributed by atoms with E-state index in [0.717, 1.165) is 12.1 Å². The van der Waals surface area contributed by atoms with Crippen molar-refractivity contribution in [3.8, 4) is 0 Å². The number of carbonyl (C=O) groups is 1. The monoisotopic (exact) mass is 301 g/mol. The molecule has 0 spiro atoms. The fourth-order valence-electron chi connectivity index (χ4n) is 2.38. The number of amides is 1. The molecule has 1 aromatic rings. The molecule has 1 aromatic carbocycles. The minimum absolute atomic E-state index is 0.0495. The van der Waals surface area contributed by atoms with E-state index in [2.05, 4.69) is 0 Å². The summed E-state index contributed by atoms with van der Waals surface area (Å²) in [5.41, 5.74) is -1.14. The summed E-state index contributed by atoms with van der Waals surface area (Å²) in [5.74, 6) is -0.204. The lowest BCUT2D eigenvalue weighted by molar-refractivity contribution is -0.138. The van der Waals surface area contributed by atoms with Crippen molar-refractivity contribution < 1.29 is 23.1 Å². The first kappa shape index (κ1) is 15.8. The Hall–Kier alpha value is -1.56. The maximum atomic E-state index is 12.6. The minimum Gasteiger partial charge on any atom is -0.390 e. The average Bonchev–Trinajstić information content (AvgIpc) is 2.37. The van der Waals surface area contributed by atoms with E-state index in [9.17, 15) is 23.1 Å². The van der Waals surface area contributed by atoms with E-state index in [1.54, 1.807) is 11.8 Å². The maximum absolute atomic E-state index is 12.6. The summed E-state index contributed by atoms with van der Waals surface area (Å²) in [5, 5.41) is 9.83. The number of benzene rings is 1. The molecule has 1 N–H and O–H groups in total. The zero-order valence-electron chi connectivity index (χ0n) is 11.8. The molecule has 116 valence electrons. The summed E-state index contributed by atoms with van der Waals surface area (Å²) < 4.78 is 37.9. The molecule has 0 unspecified atom stereocenters. The van der Waals surface area contributed by atoms with Crippen LogP contribution in [-0.4, -0.2) is 34.6 Å². The Morgan fingerprint density at radius 1 is 1.33 bits per heavy atom. The molecule has 0 aromatic heterocycles. The van der Waals surface area contributed by atoms with Crippen molar-refractivity contribution in [2.45, 2.75) is 38.0 Å². The van der Waals surface area contributed by atoms with Crippen molar-refractivity contribution in [2.75, 3.05) is 13.1 Å². The van der Waals surface area contributed by atoms with Crippen molar-refractivity contribution in [3.05, 3.63) is 35.4 Å². The van der Waals surface area contributed by atoms with Gasteiger partial charge in [0, 0.05) is 13.1 Å². The van der Waals surface area contributed by atoms with Crippen molar-refractivity contribution in [1.82, 2.24) is 4.90 Å². The molecule has 3 nitrogen and oxygen atoms in total. The standard InChI is InChI=1S/C15H18F3NO2/c1-14(21)5-7-19(8-6-14)13(20)10-11-3-2-4-12(9-11)15(16,17)18/h2-4,9,21H,5-8,10H2,1H3. The third kappa shape index (κ3) is 4.20. The molecular formula is C15H18F3NO2. The molecule has 21 heavy (non-hydrogen) atoms. The van der Waals surface area contributed by atoms with Crippen LogP contribution in [0.25, 0.3) is 0 Å². The molecular weight excluding hydrogens is 283 g/mol. The van der Waals surface area contributed by atoms with Crippen molar-refractivity contribution in [3.63, 3.8) is 0 Å². The Morgan fingerprint density at radius 2 is 1.95 bits per heavy atom. The minimum atomic E-state index is -4.40. The van der Waals surface area contributed by atoms with Crippen LogP contribution in [0.3, 0.4) is 0 Å². The van der Waals surface area contributed by atoms with E-state index in [1.807, 2.05) is 0 Å². The van der Waals surface area contributed by atoms with Crippen LogP contribution in [0.5, 0.6) is 0 Å². The Balaban J connectivity index is 2.00. The molecule has 1 saturated heterocycles. The highest BCUT2D eigenvalue weighted by molar-refractivity contribution is 5.79. The molecule has 1 fully saturated rings. The van der Waals surface area contributed by atoms with E-state index in [4.69, 9.17) is 0 Å². The summed E-state index contributed by atoms with van der Waals surface area (Å²) in [6.07, 6.45) is -3.47. The van der Waals surface area contributed by atoms with Crippen LogP contribution in [-0.2, 0) is 17.4 Å². The van der Waals surface area contributed by atoms with Crippen LogP contribution in [0, 0.1) is 0 Å². The van der Waals surface area contributed by atoms with Crippen molar-refractivity contribution >= 4 is 5.91 Å². The average molecular weight is 301 g/mol. The van der Waals surface area contributed by atoms with Crippen molar-refractivity contribution in [2.24, 2.45) is 0 Å². The van der Waals surface area contributed by atoms with Crippen LogP contribution < -0.4 is 0 Å². The number of rotatable bonds is 2. The van der Waals surface area contributed by atoms with Crippen molar-refractivity contribution in [1.29, 1.82) is 0 Å². The van der Waals surface area contributed by atoms with Gasteiger partial charge in [-0.1, -0.05) is 18.2 Å². The van der Waals surface area contributed by atoms with Gasteiger partial charge in [0.15, 0.2) is 0 Å². The fourth-order valence-corrected chi connectivity index (χ4v) is 2.38. The quantitative estimate of drug-likeness (QED) is 0.912. The van der Waals surface area contributed by atoms with Gasteiger partial charge in [-0.2, -0.15) is 13.2 Å². The fraction of sp³-hybridized carbons (Fsp3) is 0.533. The number of aliphatic hydroxyl groups is 1. The first-order valence-electron chi connectivity index (χ1n) is 6.84. The van der Waals surface area contributed by atoms with Crippen LogP contribution in [0.1, 0.15) is 30.9 Å². The van der Waals surface area contributed by atoms with Crippen LogP contribution in [0.4, 0.5) is 13.2 Å². The normalized spacial score (nSPS) is 18.6. The third-order valence-corrected chi connectivity index (χ3v) is 3.80. The molecule has 0 aliphatic carbocycles. The largest absolute Gasteiger partial charge is 0.416 e. The number of likely N-dealkylation sites (tertiary alicyclic amines) is 1. The maximum Gasteiger partial charge on any atom is 0.416 e. The van der Waals surface area contributed by atoms with Gasteiger partial charge in [-0.05, 0) is 31.4 Å². The highest BCUT2D eigenvalue weighted by Crippen LogP contribution is 2.30. The molecule has 0 saturated carbocycles. The highest BCUT2D eigenvalue weighted by atomic mass is 19.4. The molecule has 0 radical (unpaired) electrons.